The van der Waals surface area contributed by atoms with Gasteiger partial charge >= 0.3 is 0 Å². The number of carbonyl (C=O) groups is 1. The molecule has 0 heterocycles. The standard InChI is InChI=1S/C13H14BrNO/c1-10-6-7-12(9-13(10)14)5-3-4-8-15-11(2)16/h6-7,9H,4,8H2,1-2H3,(H,15,16). The van der Waals surface area contributed by atoms with Gasteiger partial charge in [0.05, 0.1) is 0 Å². The van der Waals surface area contributed by atoms with E-state index in [2.05, 4.69) is 33.1 Å². The monoisotopic (exact) mass is 279 g/mol. The van der Waals surface area contributed by atoms with E-state index in [0.29, 0.717) is 13.0 Å². The van der Waals surface area contributed by atoms with Gasteiger partial charge < -0.3 is 5.32 Å². The molecule has 1 rings (SSSR count). The molecule has 1 N–H and O–H groups in total. The van der Waals surface area contributed by atoms with Gasteiger partial charge in [0.25, 0.3) is 0 Å². The Bertz CT molecular complexity index is 443. The highest BCUT2D eigenvalue weighted by atomic mass is 79.9. The minimum Gasteiger partial charge on any atom is -0.355 e. The molecule has 1 aromatic rings. The molecule has 0 aliphatic carbocycles. The second kappa shape index (κ2) is 6.34. The molecular formula is C13H14BrNO. The normalized spacial score (nSPS) is 9.19. The predicted octanol–water partition coefficient (Wildman–Crippen LogP) is 2.64. The molecule has 0 aliphatic heterocycles. The lowest BCUT2D eigenvalue weighted by molar-refractivity contribution is -0.118. The third kappa shape index (κ3) is 4.50. The van der Waals surface area contributed by atoms with E-state index < -0.39 is 0 Å². The average molecular weight is 280 g/mol. The third-order valence-corrected chi connectivity index (χ3v) is 2.88. The lowest BCUT2D eigenvalue weighted by Crippen LogP contribution is -2.20. The quantitative estimate of drug-likeness (QED) is 0.655. The summed E-state index contributed by atoms with van der Waals surface area (Å²) in [6.45, 7) is 4.15. The minimum atomic E-state index is -0.0140. The van der Waals surface area contributed by atoms with Crippen molar-refractivity contribution in [3.05, 3.63) is 33.8 Å². The molecule has 2 nitrogen and oxygen atoms in total. The van der Waals surface area contributed by atoms with Crippen LogP contribution in [0.2, 0.25) is 0 Å². The van der Waals surface area contributed by atoms with Crippen LogP contribution in [0.15, 0.2) is 22.7 Å². The van der Waals surface area contributed by atoms with Crippen molar-refractivity contribution in [2.24, 2.45) is 0 Å². The lowest BCUT2D eigenvalue weighted by Gasteiger charge is -1.97. The van der Waals surface area contributed by atoms with Crippen molar-refractivity contribution in [1.29, 1.82) is 0 Å². The van der Waals surface area contributed by atoms with E-state index >= 15 is 0 Å². The number of carbonyl (C=O) groups excluding carboxylic acids is 1. The summed E-state index contributed by atoms with van der Waals surface area (Å²) in [5, 5.41) is 2.70. The van der Waals surface area contributed by atoms with Gasteiger partial charge in [-0.1, -0.05) is 33.8 Å². The Morgan fingerprint density at radius 2 is 2.25 bits per heavy atom. The van der Waals surface area contributed by atoms with E-state index in [0.717, 1.165) is 10.0 Å². The molecule has 0 spiro atoms. The summed E-state index contributed by atoms with van der Waals surface area (Å²) in [6, 6.07) is 6.02. The predicted molar refractivity (Wildman–Crippen MR) is 69.1 cm³/mol. The zero-order valence-corrected chi connectivity index (χ0v) is 11.0. The summed E-state index contributed by atoms with van der Waals surface area (Å²) in [4.78, 5) is 10.6. The molecule has 84 valence electrons. The Labute approximate surface area is 105 Å². The van der Waals surface area contributed by atoms with Crippen LogP contribution in [0, 0.1) is 18.8 Å². The van der Waals surface area contributed by atoms with E-state index in [4.69, 9.17) is 0 Å². The molecule has 0 saturated heterocycles. The SMILES string of the molecule is CC(=O)NCCC#Cc1ccc(C)c(Br)c1. The van der Waals surface area contributed by atoms with E-state index in [1.165, 1.54) is 12.5 Å². The fraction of sp³-hybridized carbons (Fsp3) is 0.308. The summed E-state index contributed by atoms with van der Waals surface area (Å²) in [5.74, 6) is 6.06. The maximum absolute atomic E-state index is 10.6. The van der Waals surface area contributed by atoms with Gasteiger partial charge in [-0.25, -0.2) is 0 Å². The fourth-order valence-corrected chi connectivity index (χ4v) is 1.51. The number of rotatable bonds is 2. The lowest BCUT2D eigenvalue weighted by atomic mass is 10.1. The summed E-state index contributed by atoms with van der Waals surface area (Å²) < 4.78 is 1.07. The summed E-state index contributed by atoms with van der Waals surface area (Å²) >= 11 is 3.46. The van der Waals surface area contributed by atoms with Crippen LogP contribution in [0.1, 0.15) is 24.5 Å². The van der Waals surface area contributed by atoms with Gasteiger partial charge in [-0.3, -0.25) is 4.79 Å². The first kappa shape index (κ1) is 12.8. The molecule has 0 radical (unpaired) electrons. The van der Waals surface area contributed by atoms with E-state index in [9.17, 15) is 4.79 Å². The van der Waals surface area contributed by atoms with Crippen molar-refractivity contribution in [2.75, 3.05) is 6.54 Å². The number of hydrogen-bond acceptors (Lipinski definition) is 1. The van der Waals surface area contributed by atoms with Crippen LogP contribution in [0.5, 0.6) is 0 Å². The highest BCUT2D eigenvalue weighted by Crippen LogP contribution is 2.16. The first-order valence-electron chi connectivity index (χ1n) is 5.09. The summed E-state index contributed by atoms with van der Waals surface area (Å²) in [7, 11) is 0. The van der Waals surface area contributed by atoms with Crippen LogP contribution in [-0.2, 0) is 4.79 Å². The number of halogens is 1. The largest absolute Gasteiger partial charge is 0.355 e. The fourth-order valence-electron chi connectivity index (χ4n) is 1.14. The zero-order valence-electron chi connectivity index (χ0n) is 9.43. The number of amides is 1. The van der Waals surface area contributed by atoms with Gasteiger partial charge in [-0.05, 0) is 24.6 Å². The average Bonchev–Trinajstić information content (AvgIpc) is 2.22. The molecule has 0 unspecified atom stereocenters. The number of hydrogen-bond donors (Lipinski definition) is 1. The Morgan fingerprint density at radius 3 is 2.88 bits per heavy atom. The first-order valence-corrected chi connectivity index (χ1v) is 5.88. The van der Waals surface area contributed by atoms with E-state index in [1.807, 2.05) is 25.1 Å². The van der Waals surface area contributed by atoms with Gasteiger partial charge in [-0.2, -0.15) is 0 Å². The summed E-state index contributed by atoms with van der Waals surface area (Å²) in [5.41, 5.74) is 2.18. The Morgan fingerprint density at radius 1 is 1.50 bits per heavy atom. The highest BCUT2D eigenvalue weighted by molar-refractivity contribution is 9.10. The summed E-state index contributed by atoms with van der Waals surface area (Å²) in [6.07, 6.45) is 0.672. The smallest absolute Gasteiger partial charge is 0.216 e. The molecule has 0 saturated carbocycles. The number of nitrogens with one attached hydrogen (secondary N) is 1. The zero-order chi connectivity index (χ0) is 12.0. The topological polar surface area (TPSA) is 29.1 Å². The Kier molecular flexibility index (Phi) is 5.07. The van der Waals surface area contributed by atoms with Crippen LogP contribution >= 0.6 is 15.9 Å². The molecule has 0 atom stereocenters. The molecule has 3 heteroatoms. The van der Waals surface area contributed by atoms with Crippen molar-refractivity contribution in [2.45, 2.75) is 20.3 Å². The van der Waals surface area contributed by atoms with Crippen LogP contribution in [0.3, 0.4) is 0 Å². The molecule has 1 amide bonds. The van der Waals surface area contributed by atoms with Crippen molar-refractivity contribution < 1.29 is 4.79 Å². The van der Waals surface area contributed by atoms with Crippen LogP contribution in [0.4, 0.5) is 0 Å². The van der Waals surface area contributed by atoms with Crippen LogP contribution in [0.25, 0.3) is 0 Å². The Hall–Kier alpha value is -1.27. The van der Waals surface area contributed by atoms with Crippen molar-refractivity contribution >= 4 is 21.8 Å². The van der Waals surface area contributed by atoms with Gasteiger partial charge in [0.2, 0.25) is 5.91 Å². The molecule has 16 heavy (non-hydrogen) atoms. The first-order chi connectivity index (χ1) is 7.59. The molecular weight excluding hydrogens is 266 g/mol. The maximum Gasteiger partial charge on any atom is 0.216 e. The van der Waals surface area contributed by atoms with Gasteiger partial charge in [0.1, 0.15) is 0 Å². The molecule has 0 bridgehead atoms. The van der Waals surface area contributed by atoms with Gasteiger partial charge in [0, 0.05) is 29.9 Å². The van der Waals surface area contributed by atoms with E-state index in [-0.39, 0.29) is 5.91 Å². The second-order valence-corrected chi connectivity index (χ2v) is 4.35. The van der Waals surface area contributed by atoms with Gasteiger partial charge in [0.15, 0.2) is 0 Å². The number of aryl methyl sites for hydroxylation is 1. The van der Waals surface area contributed by atoms with E-state index in [1.54, 1.807) is 0 Å². The second-order valence-electron chi connectivity index (χ2n) is 3.50. The van der Waals surface area contributed by atoms with Crippen LogP contribution < -0.4 is 5.32 Å². The maximum atomic E-state index is 10.6. The molecule has 0 aliphatic rings. The molecule has 0 aromatic heterocycles. The highest BCUT2D eigenvalue weighted by Gasteiger charge is 1.94. The van der Waals surface area contributed by atoms with Crippen molar-refractivity contribution in [3.63, 3.8) is 0 Å². The van der Waals surface area contributed by atoms with Crippen molar-refractivity contribution in [3.8, 4) is 11.8 Å². The third-order valence-electron chi connectivity index (χ3n) is 2.03. The van der Waals surface area contributed by atoms with Crippen LogP contribution in [-0.4, -0.2) is 12.5 Å². The Balaban J connectivity index is 2.50. The minimum absolute atomic E-state index is 0.0140. The van der Waals surface area contributed by atoms with Gasteiger partial charge in [-0.15, -0.1) is 0 Å². The number of benzene rings is 1. The molecule has 1 aromatic carbocycles. The van der Waals surface area contributed by atoms with Crippen molar-refractivity contribution in [1.82, 2.24) is 5.32 Å². The molecule has 0 fully saturated rings.